The van der Waals surface area contributed by atoms with Crippen molar-refractivity contribution in [3.05, 3.63) is 89.7 Å². The molecule has 0 spiro atoms. The van der Waals surface area contributed by atoms with Gasteiger partial charge < -0.3 is 10.1 Å². The van der Waals surface area contributed by atoms with E-state index >= 15 is 0 Å². The predicted molar refractivity (Wildman–Crippen MR) is 115 cm³/mol. The Hall–Kier alpha value is -3.81. The number of halogens is 3. The zero-order valence-corrected chi connectivity index (χ0v) is 17.2. The smallest absolute Gasteiger partial charge is 0.434 e. The summed E-state index contributed by atoms with van der Waals surface area (Å²) in [5.74, 6) is -0.251. The lowest BCUT2D eigenvalue weighted by Crippen LogP contribution is -2.30. The fourth-order valence-corrected chi connectivity index (χ4v) is 3.35. The molecule has 0 fully saturated rings. The average Bonchev–Trinajstić information content (AvgIpc) is 3.23. The van der Waals surface area contributed by atoms with Crippen LogP contribution in [-0.2, 0) is 6.18 Å². The van der Waals surface area contributed by atoms with Crippen LogP contribution in [0.2, 0.25) is 0 Å². The van der Waals surface area contributed by atoms with E-state index in [1.807, 2.05) is 43.3 Å². The highest BCUT2D eigenvalue weighted by atomic mass is 19.4. The van der Waals surface area contributed by atoms with E-state index < -0.39 is 23.3 Å². The van der Waals surface area contributed by atoms with Crippen LogP contribution < -0.4 is 10.1 Å². The molecule has 0 unspecified atom stereocenters. The van der Waals surface area contributed by atoms with Crippen LogP contribution in [0.1, 0.15) is 21.6 Å². The van der Waals surface area contributed by atoms with Crippen LogP contribution in [0.15, 0.2) is 72.9 Å². The maximum absolute atomic E-state index is 13.7. The maximum atomic E-state index is 13.7. The standard InChI is InChI=1S/C24H20F3N3O2/c1-16-6-9-19(10-7-16)30-22(24(25,26)27)21(15-29-30)23(31)28-12-13-32-20-11-8-17-4-2-3-5-18(17)14-20/h2-11,14-15H,12-13H2,1H3,(H,28,31). The molecule has 1 amide bonds. The fourth-order valence-electron chi connectivity index (χ4n) is 3.35. The summed E-state index contributed by atoms with van der Waals surface area (Å²) in [6, 6.07) is 19.8. The quantitative estimate of drug-likeness (QED) is 0.422. The Kier molecular flexibility index (Phi) is 5.85. The SMILES string of the molecule is Cc1ccc(-n2ncc(C(=O)NCCOc3ccc4ccccc4c3)c2C(F)(F)F)cc1. The Morgan fingerprint density at radius 3 is 2.47 bits per heavy atom. The Labute approximate surface area is 182 Å². The molecular weight excluding hydrogens is 419 g/mol. The van der Waals surface area contributed by atoms with E-state index in [-0.39, 0.29) is 18.8 Å². The van der Waals surface area contributed by atoms with Crippen molar-refractivity contribution in [2.75, 3.05) is 13.2 Å². The van der Waals surface area contributed by atoms with E-state index in [0.29, 0.717) is 5.75 Å². The molecule has 1 aromatic heterocycles. The number of hydrogen-bond acceptors (Lipinski definition) is 3. The van der Waals surface area contributed by atoms with Gasteiger partial charge in [-0.1, -0.05) is 48.0 Å². The molecule has 0 atom stereocenters. The average molecular weight is 439 g/mol. The first-order chi connectivity index (χ1) is 15.3. The number of fused-ring (bicyclic) bond motifs is 1. The monoisotopic (exact) mass is 439 g/mol. The van der Waals surface area contributed by atoms with Gasteiger partial charge in [0.05, 0.1) is 24.0 Å². The lowest BCUT2D eigenvalue weighted by Gasteiger charge is -2.13. The van der Waals surface area contributed by atoms with Gasteiger partial charge in [0, 0.05) is 0 Å². The van der Waals surface area contributed by atoms with Crippen molar-refractivity contribution in [1.29, 1.82) is 0 Å². The highest BCUT2D eigenvalue weighted by Crippen LogP contribution is 2.33. The minimum Gasteiger partial charge on any atom is -0.492 e. The van der Waals surface area contributed by atoms with Crippen LogP contribution in [0.25, 0.3) is 16.5 Å². The van der Waals surface area contributed by atoms with Gasteiger partial charge in [-0.05, 0) is 42.0 Å². The van der Waals surface area contributed by atoms with Gasteiger partial charge in [0.15, 0.2) is 5.69 Å². The number of amides is 1. The second-order valence-corrected chi connectivity index (χ2v) is 7.27. The van der Waals surface area contributed by atoms with Crippen molar-refractivity contribution in [3.63, 3.8) is 0 Å². The molecule has 3 aromatic carbocycles. The summed E-state index contributed by atoms with van der Waals surface area (Å²) in [5, 5.41) is 8.36. The molecule has 1 N–H and O–H groups in total. The van der Waals surface area contributed by atoms with Crippen molar-refractivity contribution in [1.82, 2.24) is 15.1 Å². The van der Waals surface area contributed by atoms with Crippen LogP contribution >= 0.6 is 0 Å². The molecule has 4 aromatic rings. The molecule has 0 aliphatic carbocycles. The third kappa shape index (κ3) is 4.59. The van der Waals surface area contributed by atoms with E-state index in [4.69, 9.17) is 4.74 Å². The minimum atomic E-state index is -4.75. The maximum Gasteiger partial charge on any atom is 0.434 e. The van der Waals surface area contributed by atoms with Gasteiger partial charge in [-0.2, -0.15) is 18.3 Å². The Morgan fingerprint density at radius 1 is 1.03 bits per heavy atom. The van der Waals surface area contributed by atoms with Gasteiger partial charge in [-0.3, -0.25) is 4.79 Å². The molecule has 4 rings (SSSR count). The van der Waals surface area contributed by atoms with E-state index in [1.54, 1.807) is 18.2 Å². The number of rotatable bonds is 6. The van der Waals surface area contributed by atoms with Crippen LogP contribution in [0.4, 0.5) is 13.2 Å². The molecule has 1 heterocycles. The molecule has 5 nitrogen and oxygen atoms in total. The van der Waals surface area contributed by atoms with Crippen LogP contribution in [0.3, 0.4) is 0 Å². The van der Waals surface area contributed by atoms with Crippen molar-refractivity contribution >= 4 is 16.7 Å². The van der Waals surface area contributed by atoms with Gasteiger partial charge in [-0.25, -0.2) is 4.68 Å². The van der Waals surface area contributed by atoms with Gasteiger partial charge >= 0.3 is 6.18 Å². The summed E-state index contributed by atoms with van der Waals surface area (Å²) in [6.07, 6.45) is -3.82. The summed E-state index contributed by atoms with van der Waals surface area (Å²) in [7, 11) is 0. The summed E-state index contributed by atoms with van der Waals surface area (Å²) in [4.78, 5) is 12.5. The molecule has 0 aliphatic heterocycles. The lowest BCUT2D eigenvalue weighted by atomic mass is 10.1. The number of nitrogens with zero attached hydrogens (tertiary/aromatic N) is 2. The number of nitrogens with one attached hydrogen (secondary N) is 1. The first kappa shape index (κ1) is 21.4. The summed E-state index contributed by atoms with van der Waals surface area (Å²) in [5.41, 5.74) is -0.529. The van der Waals surface area contributed by atoms with Gasteiger partial charge in [0.2, 0.25) is 0 Å². The third-order valence-corrected chi connectivity index (χ3v) is 4.94. The molecule has 0 saturated carbocycles. The molecule has 0 aliphatic rings. The van der Waals surface area contributed by atoms with Gasteiger partial charge in [0.1, 0.15) is 12.4 Å². The largest absolute Gasteiger partial charge is 0.492 e. The van der Waals surface area contributed by atoms with Crippen LogP contribution in [0.5, 0.6) is 5.75 Å². The van der Waals surface area contributed by atoms with Crippen molar-refractivity contribution in [3.8, 4) is 11.4 Å². The number of carbonyl (C=O) groups excluding carboxylic acids is 1. The molecule has 164 valence electrons. The number of aryl methyl sites for hydroxylation is 1. The van der Waals surface area contributed by atoms with Gasteiger partial charge in [-0.15, -0.1) is 0 Å². The Balaban J connectivity index is 1.44. The summed E-state index contributed by atoms with van der Waals surface area (Å²) in [6.45, 7) is 1.98. The molecule has 8 heteroatoms. The topological polar surface area (TPSA) is 56.2 Å². The number of ether oxygens (including phenoxy) is 1. The van der Waals surface area contributed by atoms with E-state index in [1.165, 1.54) is 12.1 Å². The number of carbonyl (C=O) groups is 1. The number of alkyl halides is 3. The first-order valence-corrected chi connectivity index (χ1v) is 9.95. The highest BCUT2D eigenvalue weighted by molar-refractivity contribution is 5.95. The molecule has 32 heavy (non-hydrogen) atoms. The van der Waals surface area contributed by atoms with Crippen LogP contribution in [0, 0.1) is 6.92 Å². The number of benzene rings is 3. The van der Waals surface area contributed by atoms with Gasteiger partial charge in [0.25, 0.3) is 5.91 Å². The molecule has 0 bridgehead atoms. The minimum absolute atomic E-state index is 0.0403. The molecular formula is C24H20F3N3O2. The van der Waals surface area contributed by atoms with Crippen molar-refractivity contribution in [2.45, 2.75) is 13.1 Å². The summed E-state index contributed by atoms with van der Waals surface area (Å²) >= 11 is 0. The third-order valence-electron chi connectivity index (χ3n) is 4.94. The number of aromatic nitrogens is 2. The lowest BCUT2D eigenvalue weighted by molar-refractivity contribution is -0.143. The zero-order chi connectivity index (χ0) is 22.7. The van der Waals surface area contributed by atoms with E-state index in [0.717, 1.165) is 27.2 Å². The fraction of sp³-hybridized carbons (Fsp3) is 0.167. The Morgan fingerprint density at radius 2 is 1.75 bits per heavy atom. The zero-order valence-electron chi connectivity index (χ0n) is 17.2. The normalized spacial score (nSPS) is 11.5. The van der Waals surface area contributed by atoms with Crippen molar-refractivity contribution < 1.29 is 22.7 Å². The Bertz CT molecular complexity index is 1250. The summed E-state index contributed by atoms with van der Waals surface area (Å²) < 4.78 is 47.6. The highest BCUT2D eigenvalue weighted by Gasteiger charge is 2.40. The second kappa shape index (κ2) is 8.74. The molecule has 0 radical (unpaired) electrons. The van der Waals surface area contributed by atoms with Crippen LogP contribution in [-0.4, -0.2) is 28.8 Å². The number of hydrogen-bond donors (Lipinski definition) is 1. The van der Waals surface area contributed by atoms with E-state index in [9.17, 15) is 18.0 Å². The first-order valence-electron chi connectivity index (χ1n) is 9.95. The predicted octanol–water partition coefficient (Wildman–Crippen LogP) is 5.16. The van der Waals surface area contributed by atoms with E-state index in [2.05, 4.69) is 10.4 Å². The molecule has 0 saturated heterocycles. The van der Waals surface area contributed by atoms with Crippen molar-refractivity contribution in [2.24, 2.45) is 0 Å². The second-order valence-electron chi connectivity index (χ2n) is 7.27.